The normalized spacial score (nSPS) is 9.61. The molecular formula is C15H13NO2. The van der Waals surface area contributed by atoms with Crippen molar-refractivity contribution in [2.45, 2.75) is 6.54 Å². The van der Waals surface area contributed by atoms with Gasteiger partial charge in [-0.1, -0.05) is 30.0 Å². The lowest BCUT2D eigenvalue weighted by Crippen LogP contribution is -2.18. The summed E-state index contributed by atoms with van der Waals surface area (Å²) < 4.78 is 1.65. The molecule has 0 bridgehead atoms. The molecule has 2 rings (SSSR count). The highest BCUT2D eigenvalue weighted by molar-refractivity contribution is 5.36. The van der Waals surface area contributed by atoms with Crippen LogP contribution in [0.4, 0.5) is 0 Å². The first-order chi connectivity index (χ1) is 8.79. The van der Waals surface area contributed by atoms with Gasteiger partial charge < -0.3 is 9.67 Å². The molecule has 90 valence electrons. The van der Waals surface area contributed by atoms with E-state index < -0.39 is 0 Å². The van der Waals surface area contributed by atoms with Crippen LogP contribution in [0.2, 0.25) is 0 Å². The molecule has 2 aromatic rings. The van der Waals surface area contributed by atoms with Crippen LogP contribution < -0.4 is 5.56 Å². The van der Waals surface area contributed by atoms with Crippen LogP contribution in [0.3, 0.4) is 0 Å². The Morgan fingerprint density at radius 2 is 1.89 bits per heavy atom. The first-order valence-corrected chi connectivity index (χ1v) is 5.64. The number of hydrogen-bond acceptors (Lipinski definition) is 2. The smallest absolute Gasteiger partial charge is 0.250 e. The van der Waals surface area contributed by atoms with Gasteiger partial charge >= 0.3 is 0 Å². The number of aliphatic hydroxyl groups excluding tert-OH is 1. The molecular weight excluding hydrogens is 226 g/mol. The summed E-state index contributed by atoms with van der Waals surface area (Å²) in [6, 6.07) is 12.7. The Labute approximate surface area is 105 Å². The summed E-state index contributed by atoms with van der Waals surface area (Å²) in [6.45, 7) is 0.411. The van der Waals surface area contributed by atoms with Crippen molar-refractivity contribution in [3.8, 4) is 11.8 Å². The van der Waals surface area contributed by atoms with Crippen molar-refractivity contribution in [3.63, 3.8) is 0 Å². The zero-order valence-corrected chi connectivity index (χ0v) is 9.84. The van der Waals surface area contributed by atoms with E-state index in [9.17, 15) is 4.79 Å². The summed E-state index contributed by atoms with van der Waals surface area (Å²) in [5.74, 6) is 5.42. The molecule has 0 aliphatic carbocycles. The molecule has 1 aromatic carbocycles. The SMILES string of the molecule is O=c1ccccn1Cc1ccc(C#CCO)cc1. The molecule has 0 saturated carbocycles. The standard InChI is InChI=1S/C15H13NO2/c17-11-3-4-13-6-8-14(9-7-13)12-16-10-2-1-5-15(16)18/h1-2,5-10,17H,11-12H2. The number of benzene rings is 1. The van der Waals surface area contributed by atoms with Gasteiger partial charge in [-0.25, -0.2) is 0 Å². The Morgan fingerprint density at radius 1 is 1.11 bits per heavy atom. The molecule has 0 spiro atoms. The van der Waals surface area contributed by atoms with Crippen LogP contribution in [0.1, 0.15) is 11.1 Å². The lowest BCUT2D eigenvalue weighted by atomic mass is 10.1. The quantitative estimate of drug-likeness (QED) is 0.801. The number of hydrogen-bond donors (Lipinski definition) is 1. The van der Waals surface area contributed by atoms with Crippen molar-refractivity contribution in [1.29, 1.82) is 0 Å². The van der Waals surface area contributed by atoms with Gasteiger partial charge in [0, 0.05) is 17.8 Å². The average Bonchev–Trinajstić information content (AvgIpc) is 2.41. The Balaban J connectivity index is 2.16. The minimum Gasteiger partial charge on any atom is -0.384 e. The lowest BCUT2D eigenvalue weighted by Gasteiger charge is -2.04. The second-order valence-corrected chi connectivity index (χ2v) is 3.82. The van der Waals surface area contributed by atoms with Crippen LogP contribution in [-0.2, 0) is 6.54 Å². The third-order valence-corrected chi connectivity index (χ3v) is 2.52. The molecule has 0 unspecified atom stereocenters. The maximum absolute atomic E-state index is 11.5. The molecule has 0 atom stereocenters. The van der Waals surface area contributed by atoms with E-state index in [4.69, 9.17) is 5.11 Å². The van der Waals surface area contributed by atoms with Gasteiger partial charge in [0.25, 0.3) is 5.56 Å². The predicted octanol–water partition coefficient (Wildman–Crippen LogP) is 1.24. The second kappa shape index (κ2) is 5.85. The molecule has 3 heteroatoms. The van der Waals surface area contributed by atoms with Gasteiger partial charge in [0.2, 0.25) is 0 Å². The Kier molecular flexibility index (Phi) is 3.95. The van der Waals surface area contributed by atoms with E-state index in [-0.39, 0.29) is 12.2 Å². The largest absolute Gasteiger partial charge is 0.384 e. The van der Waals surface area contributed by atoms with Crippen molar-refractivity contribution in [3.05, 3.63) is 70.1 Å². The number of pyridine rings is 1. The molecule has 0 aliphatic rings. The van der Waals surface area contributed by atoms with E-state index >= 15 is 0 Å². The van der Waals surface area contributed by atoms with Crippen molar-refractivity contribution in [2.24, 2.45) is 0 Å². The third kappa shape index (κ3) is 3.09. The molecule has 0 amide bonds. The molecule has 1 aromatic heterocycles. The molecule has 0 aliphatic heterocycles. The maximum atomic E-state index is 11.5. The summed E-state index contributed by atoms with van der Waals surface area (Å²) in [7, 11) is 0. The highest BCUT2D eigenvalue weighted by Crippen LogP contribution is 2.04. The molecule has 0 saturated heterocycles. The van der Waals surface area contributed by atoms with Crippen LogP contribution >= 0.6 is 0 Å². The number of nitrogens with zero attached hydrogens (tertiary/aromatic N) is 1. The number of rotatable bonds is 2. The van der Waals surface area contributed by atoms with E-state index in [0.29, 0.717) is 6.54 Å². The molecule has 0 radical (unpaired) electrons. The van der Waals surface area contributed by atoms with Gasteiger partial charge in [-0.3, -0.25) is 4.79 Å². The summed E-state index contributed by atoms with van der Waals surface area (Å²) >= 11 is 0. The minimum atomic E-state index is -0.138. The summed E-state index contributed by atoms with van der Waals surface area (Å²) in [6.07, 6.45) is 1.77. The molecule has 0 fully saturated rings. The van der Waals surface area contributed by atoms with E-state index in [1.54, 1.807) is 22.9 Å². The van der Waals surface area contributed by atoms with Crippen LogP contribution in [-0.4, -0.2) is 16.3 Å². The van der Waals surface area contributed by atoms with Gasteiger partial charge in [-0.15, -0.1) is 0 Å². The number of aromatic nitrogens is 1. The van der Waals surface area contributed by atoms with E-state index in [1.807, 2.05) is 30.3 Å². The zero-order valence-electron chi connectivity index (χ0n) is 9.84. The van der Waals surface area contributed by atoms with Crippen LogP contribution in [0.25, 0.3) is 0 Å². The zero-order chi connectivity index (χ0) is 12.8. The predicted molar refractivity (Wildman–Crippen MR) is 70.2 cm³/mol. The minimum absolute atomic E-state index is 0.0124. The van der Waals surface area contributed by atoms with Crippen LogP contribution in [0.5, 0.6) is 0 Å². The fourth-order valence-electron chi connectivity index (χ4n) is 1.62. The van der Waals surface area contributed by atoms with E-state index in [2.05, 4.69) is 11.8 Å². The fourth-order valence-corrected chi connectivity index (χ4v) is 1.62. The molecule has 18 heavy (non-hydrogen) atoms. The van der Waals surface area contributed by atoms with Gasteiger partial charge in [0.15, 0.2) is 0 Å². The third-order valence-electron chi connectivity index (χ3n) is 2.52. The molecule has 1 heterocycles. The topological polar surface area (TPSA) is 42.2 Å². The first kappa shape index (κ1) is 12.2. The van der Waals surface area contributed by atoms with Crippen molar-refractivity contribution in [2.75, 3.05) is 6.61 Å². The highest BCUT2D eigenvalue weighted by Gasteiger charge is 1.96. The monoisotopic (exact) mass is 239 g/mol. The molecule has 3 nitrogen and oxygen atoms in total. The molecule has 1 N–H and O–H groups in total. The van der Waals surface area contributed by atoms with Gasteiger partial charge in [-0.2, -0.15) is 0 Å². The maximum Gasteiger partial charge on any atom is 0.250 e. The number of aliphatic hydroxyl groups is 1. The summed E-state index contributed by atoms with van der Waals surface area (Å²) in [5, 5.41) is 8.60. The van der Waals surface area contributed by atoms with Crippen molar-refractivity contribution < 1.29 is 5.11 Å². The van der Waals surface area contributed by atoms with Crippen molar-refractivity contribution in [1.82, 2.24) is 4.57 Å². The lowest BCUT2D eigenvalue weighted by molar-refractivity contribution is 0.350. The second-order valence-electron chi connectivity index (χ2n) is 3.82. The van der Waals surface area contributed by atoms with Gasteiger partial charge in [0.05, 0.1) is 6.54 Å². The highest BCUT2D eigenvalue weighted by atomic mass is 16.2. The van der Waals surface area contributed by atoms with E-state index in [1.165, 1.54) is 0 Å². The Morgan fingerprint density at radius 3 is 2.56 bits per heavy atom. The Hall–Kier alpha value is -2.31. The van der Waals surface area contributed by atoms with Crippen LogP contribution in [0.15, 0.2) is 53.5 Å². The Bertz CT molecular complexity index is 630. The first-order valence-electron chi connectivity index (χ1n) is 5.64. The van der Waals surface area contributed by atoms with Gasteiger partial charge in [0.1, 0.15) is 6.61 Å². The average molecular weight is 239 g/mol. The fraction of sp³-hybridized carbons (Fsp3) is 0.133. The van der Waals surface area contributed by atoms with E-state index in [0.717, 1.165) is 11.1 Å². The summed E-state index contributed by atoms with van der Waals surface area (Å²) in [4.78, 5) is 11.5. The summed E-state index contributed by atoms with van der Waals surface area (Å²) in [5.41, 5.74) is 1.88. The van der Waals surface area contributed by atoms with Crippen LogP contribution in [0, 0.1) is 11.8 Å². The van der Waals surface area contributed by atoms with Gasteiger partial charge in [-0.05, 0) is 23.8 Å². The van der Waals surface area contributed by atoms with Crippen molar-refractivity contribution >= 4 is 0 Å².